The van der Waals surface area contributed by atoms with Crippen LogP contribution >= 0.6 is 0 Å². The highest BCUT2D eigenvalue weighted by Gasteiger charge is 2.34. The van der Waals surface area contributed by atoms with E-state index >= 15 is 0 Å². The quantitative estimate of drug-likeness (QED) is 0.692. The lowest BCUT2D eigenvalue weighted by Gasteiger charge is -2.25. The summed E-state index contributed by atoms with van der Waals surface area (Å²) in [6.07, 6.45) is 2.15. The van der Waals surface area contributed by atoms with Gasteiger partial charge in [0.2, 0.25) is 11.8 Å². The Morgan fingerprint density at radius 2 is 1.90 bits per heavy atom. The molecule has 0 spiro atoms. The molecule has 3 rings (SSSR count). The Morgan fingerprint density at radius 3 is 2.55 bits per heavy atom. The number of carbonyl (C=O) groups excluding carboxylic acids is 3. The standard InChI is InChI=1S/C23H32FN3O4/c1-23(2,3)31-22(30)26-18(12-16-6-4-5-7-19(16)24)13-20(28)27-11-10-17(14-27)25-21(29)15-8-9-15/h4-7,15,17-18H,8-14H2,1-3H3,(H,25,29)(H,26,30)/t17-,18-/m1/s1. The van der Waals surface area contributed by atoms with Gasteiger partial charge in [-0.1, -0.05) is 18.2 Å². The van der Waals surface area contributed by atoms with Gasteiger partial charge in [-0.2, -0.15) is 0 Å². The Kier molecular flexibility index (Phi) is 7.18. The molecule has 1 aliphatic heterocycles. The molecule has 3 amide bonds. The summed E-state index contributed by atoms with van der Waals surface area (Å²) in [6.45, 7) is 6.27. The van der Waals surface area contributed by atoms with Crippen LogP contribution in [0.2, 0.25) is 0 Å². The number of benzene rings is 1. The Labute approximate surface area is 182 Å². The van der Waals surface area contributed by atoms with Gasteiger partial charge >= 0.3 is 6.09 Å². The molecule has 1 saturated heterocycles. The molecule has 0 radical (unpaired) electrons. The zero-order chi connectivity index (χ0) is 22.6. The smallest absolute Gasteiger partial charge is 0.407 e. The van der Waals surface area contributed by atoms with Gasteiger partial charge in [0.05, 0.1) is 0 Å². The van der Waals surface area contributed by atoms with E-state index in [-0.39, 0.29) is 42.4 Å². The average molecular weight is 434 g/mol. The largest absolute Gasteiger partial charge is 0.444 e. The number of hydrogen-bond acceptors (Lipinski definition) is 4. The summed E-state index contributed by atoms with van der Waals surface area (Å²) in [5.41, 5.74) is -0.258. The first-order valence-corrected chi connectivity index (χ1v) is 10.9. The zero-order valence-electron chi connectivity index (χ0n) is 18.4. The molecule has 0 bridgehead atoms. The maximum Gasteiger partial charge on any atom is 0.407 e. The zero-order valence-corrected chi connectivity index (χ0v) is 18.4. The van der Waals surface area contributed by atoms with Crippen LogP contribution in [-0.2, 0) is 20.7 Å². The van der Waals surface area contributed by atoms with Gasteiger partial charge in [0.1, 0.15) is 11.4 Å². The minimum atomic E-state index is -0.682. The van der Waals surface area contributed by atoms with Crippen molar-refractivity contribution >= 4 is 17.9 Å². The summed E-state index contributed by atoms with van der Waals surface area (Å²) in [4.78, 5) is 38.9. The van der Waals surface area contributed by atoms with Crippen molar-refractivity contribution in [1.82, 2.24) is 15.5 Å². The highest BCUT2D eigenvalue weighted by molar-refractivity contribution is 5.82. The highest BCUT2D eigenvalue weighted by Crippen LogP contribution is 2.29. The molecule has 2 aliphatic rings. The molecule has 0 aromatic heterocycles. The first-order chi connectivity index (χ1) is 14.6. The maximum atomic E-state index is 14.2. The van der Waals surface area contributed by atoms with Crippen LogP contribution in [0, 0.1) is 11.7 Å². The molecule has 8 heteroatoms. The maximum absolute atomic E-state index is 14.2. The van der Waals surface area contributed by atoms with E-state index in [1.165, 1.54) is 6.07 Å². The fourth-order valence-electron chi connectivity index (χ4n) is 3.69. The third-order valence-electron chi connectivity index (χ3n) is 5.40. The van der Waals surface area contributed by atoms with Crippen LogP contribution in [0.15, 0.2) is 24.3 Å². The predicted molar refractivity (Wildman–Crippen MR) is 114 cm³/mol. The van der Waals surface area contributed by atoms with Crippen LogP contribution in [0.4, 0.5) is 9.18 Å². The summed E-state index contributed by atoms with van der Waals surface area (Å²) in [5.74, 6) is -0.313. The lowest BCUT2D eigenvalue weighted by molar-refractivity contribution is -0.131. The van der Waals surface area contributed by atoms with Gasteiger partial charge in [-0.3, -0.25) is 9.59 Å². The molecule has 1 heterocycles. The first kappa shape index (κ1) is 23.0. The van der Waals surface area contributed by atoms with E-state index in [4.69, 9.17) is 4.74 Å². The molecule has 1 aromatic carbocycles. The number of rotatable bonds is 7. The molecular formula is C23H32FN3O4. The second kappa shape index (κ2) is 9.66. The van der Waals surface area contributed by atoms with Crippen molar-refractivity contribution in [3.63, 3.8) is 0 Å². The lowest BCUT2D eigenvalue weighted by Crippen LogP contribution is -2.44. The third-order valence-corrected chi connectivity index (χ3v) is 5.40. The van der Waals surface area contributed by atoms with Gasteiger partial charge < -0.3 is 20.3 Å². The Hall–Kier alpha value is -2.64. The van der Waals surface area contributed by atoms with E-state index in [2.05, 4.69) is 10.6 Å². The second-order valence-corrected chi connectivity index (χ2v) is 9.45. The second-order valence-electron chi connectivity index (χ2n) is 9.45. The van der Waals surface area contributed by atoms with E-state index < -0.39 is 17.7 Å². The first-order valence-electron chi connectivity index (χ1n) is 10.9. The minimum absolute atomic E-state index is 0.0247. The van der Waals surface area contributed by atoms with Crippen LogP contribution in [0.25, 0.3) is 0 Å². The third kappa shape index (κ3) is 7.22. The van der Waals surface area contributed by atoms with Gasteiger partial charge in [-0.25, -0.2) is 9.18 Å². The summed E-state index contributed by atoms with van der Waals surface area (Å²) in [5, 5.41) is 5.74. The monoisotopic (exact) mass is 433 g/mol. The number of hydrogen-bond donors (Lipinski definition) is 2. The van der Waals surface area contributed by atoms with Crippen molar-refractivity contribution in [3.8, 4) is 0 Å². The van der Waals surface area contributed by atoms with Gasteiger partial charge in [0, 0.05) is 37.5 Å². The molecule has 31 heavy (non-hydrogen) atoms. The predicted octanol–water partition coefficient (Wildman–Crippen LogP) is 2.78. The summed E-state index contributed by atoms with van der Waals surface area (Å²) in [7, 11) is 0. The van der Waals surface area contributed by atoms with Crippen LogP contribution in [0.5, 0.6) is 0 Å². The highest BCUT2D eigenvalue weighted by atomic mass is 19.1. The number of nitrogens with one attached hydrogen (secondary N) is 2. The number of alkyl carbamates (subject to hydrolysis) is 1. The van der Waals surface area contributed by atoms with Crippen molar-refractivity contribution in [3.05, 3.63) is 35.6 Å². The number of carbonyl (C=O) groups is 3. The van der Waals surface area contributed by atoms with Crippen molar-refractivity contribution in [1.29, 1.82) is 0 Å². The normalized spacial score (nSPS) is 19.6. The Bertz CT molecular complexity index is 819. The molecule has 7 nitrogen and oxygen atoms in total. The molecule has 170 valence electrons. The van der Waals surface area contributed by atoms with Crippen LogP contribution < -0.4 is 10.6 Å². The average Bonchev–Trinajstić information content (AvgIpc) is 3.41. The van der Waals surface area contributed by atoms with Gasteiger partial charge in [-0.15, -0.1) is 0 Å². The summed E-state index contributed by atoms with van der Waals surface area (Å²) < 4.78 is 19.5. The van der Waals surface area contributed by atoms with Crippen LogP contribution in [0.3, 0.4) is 0 Å². The number of nitrogens with zero attached hydrogens (tertiary/aromatic N) is 1. The number of amides is 3. The number of halogens is 1. The topological polar surface area (TPSA) is 87.7 Å². The molecule has 2 fully saturated rings. The Balaban J connectivity index is 1.60. The van der Waals surface area contributed by atoms with E-state index in [1.807, 2.05) is 0 Å². The molecule has 1 aromatic rings. The molecule has 2 atom stereocenters. The molecular weight excluding hydrogens is 401 g/mol. The van der Waals surface area contributed by atoms with Gasteiger partial charge in [-0.05, 0) is 58.1 Å². The van der Waals surface area contributed by atoms with Crippen LogP contribution in [0.1, 0.15) is 52.0 Å². The van der Waals surface area contributed by atoms with Crippen molar-refractivity contribution in [2.24, 2.45) is 5.92 Å². The summed E-state index contributed by atoms with van der Waals surface area (Å²) in [6, 6.07) is 5.66. The molecule has 1 saturated carbocycles. The molecule has 2 N–H and O–H groups in total. The van der Waals surface area contributed by atoms with Gasteiger partial charge in [0.25, 0.3) is 0 Å². The molecule has 0 unspecified atom stereocenters. The lowest BCUT2D eigenvalue weighted by atomic mass is 10.0. The fraction of sp³-hybridized carbons (Fsp3) is 0.609. The van der Waals surface area contributed by atoms with E-state index in [0.717, 1.165) is 12.8 Å². The summed E-state index contributed by atoms with van der Waals surface area (Å²) >= 11 is 0. The minimum Gasteiger partial charge on any atom is -0.444 e. The fourth-order valence-corrected chi connectivity index (χ4v) is 3.69. The SMILES string of the molecule is CC(C)(C)OC(=O)N[C@@H](CC(=O)N1CC[C@@H](NC(=O)C2CC2)C1)Cc1ccccc1F. The van der Waals surface area contributed by atoms with Crippen LogP contribution in [-0.4, -0.2) is 53.6 Å². The Morgan fingerprint density at radius 1 is 1.19 bits per heavy atom. The van der Waals surface area contributed by atoms with E-state index in [9.17, 15) is 18.8 Å². The van der Waals surface area contributed by atoms with E-state index in [1.54, 1.807) is 43.9 Å². The number of likely N-dealkylation sites (tertiary alicyclic amines) is 1. The van der Waals surface area contributed by atoms with E-state index in [0.29, 0.717) is 25.1 Å². The number of ether oxygens (including phenoxy) is 1. The van der Waals surface area contributed by atoms with Crippen molar-refractivity contribution < 1.29 is 23.5 Å². The van der Waals surface area contributed by atoms with Gasteiger partial charge in [0.15, 0.2) is 0 Å². The van der Waals surface area contributed by atoms with Crippen molar-refractivity contribution in [2.75, 3.05) is 13.1 Å². The van der Waals surface area contributed by atoms with Crippen molar-refractivity contribution in [2.45, 2.75) is 70.6 Å². The molecule has 1 aliphatic carbocycles.